The summed E-state index contributed by atoms with van der Waals surface area (Å²) in [6.45, 7) is 4.21. The van der Waals surface area contributed by atoms with E-state index in [0.717, 1.165) is 0 Å². The molecule has 1 aliphatic rings. The van der Waals surface area contributed by atoms with E-state index < -0.39 is 15.3 Å². The van der Waals surface area contributed by atoms with Crippen LogP contribution in [0.1, 0.15) is 26.7 Å². The lowest BCUT2D eigenvalue weighted by Gasteiger charge is -2.24. The molecule has 5 nitrogen and oxygen atoms in total. The van der Waals surface area contributed by atoms with Gasteiger partial charge in [0, 0.05) is 18.2 Å². The molecule has 0 spiro atoms. The van der Waals surface area contributed by atoms with Gasteiger partial charge in [0.2, 0.25) is 0 Å². The first-order valence-corrected chi connectivity index (χ1v) is 7.71. The van der Waals surface area contributed by atoms with Gasteiger partial charge in [-0.3, -0.25) is 4.79 Å². The van der Waals surface area contributed by atoms with E-state index in [0.29, 0.717) is 19.6 Å². The molecule has 1 fully saturated rings. The number of Topliss-reactive ketones (excluding diaryl/α,β-unsaturated/α-hetero) is 1. The molecule has 0 aromatic carbocycles. The van der Waals surface area contributed by atoms with Crippen LogP contribution >= 0.6 is 0 Å². The normalized spacial score (nSPS) is 29.5. The smallest absolute Gasteiger partial charge is 0.150 e. The third kappa shape index (κ3) is 3.50. The second kappa shape index (κ2) is 5.46. The molecule has 1 heterocycles. The largest absolute Gasteiger partial charge is 0.379 e. The number of hydrogen-bond acceptors (Lipinski definition) is 5. The van der Waals surface area contributed by atoms with E-state index in [9.17, 15) is 13.2 Å². The molecular weight excluding hydrogens is 242 g/mol. The van der Waals surface area contributed by atoms with Gasteiger partial charge in [0.1, 0.15) is 5.78 Å². The van der Waals surface area contributed by atoms with Crippen molar-refractivity contribution in [3.05, 3.63) is 0 Å². The quantitative estimate of drug-likeness (QED) is 0.736. The average Bonchev–Trinajstić information content (AvgIpc) is 2.57. The minimum atomic E-state index is -3.10. The van der Waals surface area contributed by atoms with Crippen molar-refractivity contribution in [2.75, 3.05) is 24.7 Å². The Hall–Kier alpha value is -0.460. The topological polar surface area (TPSA) is 86.5 Å². The Labute approximate surface area is 103 Å². The molecule has 1 aliphatic heterocycles. The van der Waals surface area contributed by atoms with E-state index in [1.807, 2.05) is 0 Å². The third-order valence-electron chi connectivity index (χ3n) is 3.31. The fourth-order valence-corrected chi connectivity index (χ4v) is 3.25. The molecule has 0 aliphatic carbocycles. The van der Waals surface area contributed by atoms with Gasteiger partial charge in [-0.1, -0.05) is 6.92 Å². The Bertz CT molecular complexity index is 379. The standard InChI is InChI=1S/C11H21NO4S/c1-3-5-17(14,15)6-4-10(13)11(2)8-16-7-9(11)12/h9H,3-8,12H2,1-2H3. The van der Waals surface area contributed by atoms with Crippen LogP contribution in [0.5, 0.6) is 0 Å². The van der Waals surface area contributed by atoms with Gasteiger partial charge in [-0.2, -0.15) is 0 Å². The summed E-state index contributed by atoms with van der Waals surface area (Å²) in [5, 5.41) is 0. The van der Waals surface area contributed by atoms with Crippen LogP contribution in [0.15, 0.2) is 0 Å². The Kier molecular flexibility index (Phi) is 4.69. The Balaban J connectivity index is 2.56. The molecular formula is C11H21NO4S. The van der Waals surface area contributed by atoms with E-state index in [1.165, 1.54) is 0 Å². The zero-order valence-electron chi connectivity index (χ0n) is 10.4. The summed E-state index contributed by atoms with van der Waals surface area (Å²) in [5.74, 6) is -0.0520. The van der Waals surface area contributed by atoms with Crippen molar-refractivity contribution in [3.8, 4) is 0 Å². The van der Waals surface area contributed by atoms with Gasteiger partial charge in [0.15, 0.2) is 9.84 Å². The van der Waals surface area contributed by atoms with Gasteiger partial charge in [-0.15, -0.1) is 0 Å². The number of carbonyl (C=O) groups is 1. The first-order valence-electron chi connectivity index (χ1n) is 5.89. The van der Waals surface area contributed by atoms with Crippen molar-refractivity contribution in [1.29, 1.82) is 0 Å². The first-order chi connectivity index (χ1) is 7.82. The zero-order chi connectivity index (χ0) is 13.1. The molecule has 0 bridgehead atoms. The molecule has 6 heteroatoms. The predicted octanol–water partition coefficient (Wildman–Crippen LogP) is 0.134. The van der Waals surface area contributed by atoms with E-state index in [2.05, 4.69) is 0 Å². The summed E-state index contributed by atoms with van der Waals surface area (Å²) in [6, 6.07) is -0.330. The zero-order valence-corrected chi connectivity index (χ0v) is 11.3. The highest BCUT2D eigenvalue weighted by Gasteiger charge is 2.43. The maximum absolute atomic E-state index is 12.0. The number of sulfone groups is 1. The molecule has 1 saturated heterocycles. The molecule has 2 N–H and O–H groups in total. The maximum Gasteiger partial charge on any atom is 0.150 e. The van der Waals surface area contributed by atoms with Crippen molar-refractivity contribution >= 4 is 15.6 Å². The monoisotopic (exact) mass is 263 g/mol. The fourth-order valence-electron chi connectivity index (χ4n) is 1.92. The molecule has 0 aromatic rings. The first kappa shape index (κ1) is 14.6. The fraction of sp³-hybridized carbons (Fsp3) is 0.909. The lowest BCUT2D eigenvalue weighted by Crippen LogP contribution is -2.44. The molecule has 0 amide bonds. The summed E-state index contributed by atoms with van der Waals surface area (Å²) in [6.07, 6.45) is 0.617. The van der Waals surface area contributed by atoms with Crippen LogP contribution in [0.25, 0.3) is 0 Å². The SMILES string of the molecule is CCCS(=O)(=O)CCC(=O)C1(C)COCC1N. The van der Waals surface area contributed by atoms with Crippen LogP contribution < -0.4 is 5.73 Å². The maximum atomic E-state index is 12.0. The number of nitrogens with two attached hydrogens (primary N) is 1. The van der Waals surface area contributed by atoms with Crippen LogP contribution in [0.3, 0.4) is 0 Å². The summed E-state index contributed by atoms with van der Waals surface area (Å²) in [7, 11) is -3.10. The lowest BCUT2D eigenvalue weighted by atomic mass is 9.80. The van der Waals surface area contributed by atoms with Crippen molar-refractivity contribution in [2.24, 2.45) is 11.1 Å². The number of hydrogen-bond donors (Lipinski definition) is 1. The Morgan fingerprint density at radius 3 is 2.59 bits per heavy atom. The van der Waals surface area contributed by atoms with E-state index in [-0.39, 0.29) is 29.8 Å². The van der Waals surface area contributed by atoms with E-state index in [1.54, 1.807) is 13.8 Å². The van der Waals surface area contributed by atoms with Gasteiger partial charge in [-0.25, -0.2) is 8.42 Å². The molecule has 100 valence electrons. The average molecular weight is 263 g/mol. The number of rotatable bonds is 6. The molecule has 0 radical (unpaired) electrons. The summed E-state index contributed by atoms with van der Waals surface area (Å²) < 4.78 is 28.2. The minimum absolute atomic E-state index is 0.0376. The van der Waals surface area contributed by atoms with Gasteiger partial charge in [0.05, 0.1) is 24.4 Å². The van der Waals surface area contributed by atoms with Crippen LogP contribution in [-0.2, 0) is 19.4 Å². The molecule has 0 saturated carbocycles. The van der Waals surface area contributed by atoms with Crippen molar-refractivity contribution < 1.29 is 17.9 Å². The lowest BCUT2D eigenvalue weighted by molar-refractivity contribution is -0.128. The van der Waals surface area contributed by atoms with Gasteiger partial charge >= 0.3 is 0 Å². The molecule has 2 atom stereocenters. The van der Waals surface area contributed by atoms with Gasteiger partial charge < -0.3 is 10.5 Å². The van der Waals surface area contributed by atoms with Crippen LogP contribution in [-0.4, -0.2) is 45.0 Å². The molecule has 2 unspecified atom stereocenters. The van der Waals surface area contributed by atoms with Crippen LogP contribution in [0.4, 0.5) is 0 Å². The number of carbonyl (C=O) groups excluding carboxylic acids is 1. The second-order valence-corrected chi connectivity index (χ2v) is 7.17. The second-order valence-electron chi connectivity index (χ2n) is 4.86. The van der Waals surface area contributed by atoms with E-state index >= 15 is 0 Å². The van der Waals surface area contributed by atoms with Crippen molar-refractivity contribution in [1.82, 2.24) is 0 Å². The predicted molar refractivity (Wildman–Crippen MR) is 65.5 cm³/mol. The van der Waals surface area contributed by atoms with Gasteiger partial charge in [0.25, 0.3) is 0 Å². The van der Waals surface area contributed by atoms with Crippen molar-refractivity contribution in [3.63, 3.8) is 0 Å². The molecule has 1 rings (SSSR count). The highest BCUT2D eigenvalue weighted by Crippen LogP contribution is 2.29. The molecule has 17 heavy (non-hydrogen) atoms. The summed E-state index contributed by atoms with van der Waals surface area (Å²) in [4.78, 5) is 12.0. The minimum Gasteiger partial charge on any atom is -0.379 e. The Morgan fingerprint density at radius 1 is 1.47 bits per heavy atom. The van der Waals surface area contributed by atoms with Crippen LogP contribution in [0.2, 0.25) is 0 Å². The highest BCUT2D eigenvalue weighted by atomic mass is 32.2. The van der Waals surface area contributed by atoms with Crippen molar-refractivity contribution in [2.45, 2.75) is 32.7 Å². The number of ketones is 1. The summed E-state index contributed by atoms with van der Waals surface area (Å²) >= 11 is 0. The van der Waals surface area contributed by atoms with E-state index in [4.69, 9.17) is 10.5 Å². The summed E-state index contributed by atoms with van der Waals surface area (Å²) in [5.41, 5.74) is 5.10. The highest BCUT2D eigenvalue weighted by molar-refractivity contribution is 7.91. The van der Waals surface area contributed by atoms with Crippen LogP contribution in [0, 0.1) is 5.41 Å². The van der Waals surface area contributed by atoms with Gasteiger partial charge in [-0.05, 0) is 13.3 Å². The third-order valence-corrected chi connectivity index (χ3v) is 5.17. The Morgan fingerprint density at radius 2 is 2.12 bits per heavy atom. The number of ether oxygens (including phenoxy) is 1. The molecule has 0 aromatic heterocycles.